The summed E-state index contributed by atoms with van der Waals surface area (Å²) in [5, 5.41) is 12.6. The van der Waals surface area contributed by atoms with Crippen molar-refractivity contribution in [2.75, 3.05) is 7.05 Å². The highest BCUT2D eigenvalue weighted by Crippen LogP contribution is 2.35. The Morgan fingerprint density at radius 1 is 1.17 bits per heavy atom. The molecule has 1 saturated carbocycles. The largest absolute Gasteiger partial charge is 0.392 e. The third-order valence-electron chi connectivity index (χ3n) is 6.06. The number of aliphatic hydroxyl groups excluding tert-OH is 1. The van der Waals surface area contributed by atoms with Gasteiger partial charge in [0.1, 0.15) is 6.33 Å². The Hall–Kier alpha value is -2.35. The minimum atomic E-state index is -0.443. The van der Waals surface area contributed by atoms with Gasteiger partial charge >= 0.3 is 0 Å². The van der Waals surface area contributed by atoms with Gasteiger partial charge in [0.2, 0.25) is 5.91 Å². The highest BCUT2D eigenvalue weighted by Gasteiger charge is 2.35. The van der Waals surface area contributed by atoms with E-state index in [0.717, 1.165) is 36.9 Å². The molecule has 2 aliphatic rings. The summed E-state index contributed by atoms with van der Waals surface area (Å²) in [5.41, 5.74) is 3.08. The summed E-state index contributed by atoms with van der Waals surface area (Å²) in [6, 6.07) is 9.92. The number of carbonyl (C=O) groups excluding carboxylic acids is 1. The third-order valence-corrected chi connectivity index (χ3v) is 6.06. The molecule has 1 saturated heterocycles. The van der Waals surface area contributed by atoms with Crippen molar-refractivity contribution in [2.45, 2.75) is 63.1 Å². The Labute approximate surface area is 171 Å². The van der Waals surface area contributed by atoms with Crippen LogP contribution in [0.15, 0.2) is 42.9 Å². The molecule has 1 amide bonds. The van der Waals surface area contributed by atoms with Crippen molar-refractivity contribution < 1.29 is 14.6 Å². The first kappa shape index (κ1) is 19.9. The van der Waals surface area contributed by atoms with Crippen LogP contribution in [0, 0.1) is 0 Å². The second-order valence-corrected chi connectivity index (χ2v) is 7.92. The molecule has 0 spiro atoms. The van der Waals surface area contributed by atoms with Crippen LogP contribution in [0.25, 0.3) is 0 Å². The van der Waals surface area contributed by atoms with Gasteiger partial charge in [0.25, 0.3) is 0 Å². The first-order valence-electron chi connectivity index (χ1n) is 10.3. The number of hydrogen-bond donors (Lipinski definition) is 2. The zero-order valence-electron chi connectivity index (χ0n) is 16.7. The normalized spacial score (nSPS) is 27.8. The lowest BCUT2D eigenvalue weighted by atomic mass is 9.82. The Morgan fingerprint density at radius 2 is 1.93 bits per heavy atom. The molecule has 154 valence electrons. The van der Waals surface area contributed by atoms with E-state index in [0.29, 0.717) is 12.3 Å². The molecule has 1 aromatic carbocycles. The van der Waals surface area contributed by atoms with Gasteiger partial charge in [-0.15, -0.1) is 0 Å². The van der Waals surface area contributed by atoms with Gasteiger partial charge in [-0.3, -0.25) is 10.1 Å². The maximum atomic E-state index is 12.5. The first-order chi connectivity index (χ1) is 14.1. The van der Waals surface area contributed by atoms with E-state index in [1.54, 1.807) is 18.1 Å². The fourth-order valence-corrected chi connectivity index (χ4v) is 4.23. The quantitative estimate of drug-likeness (QED) is 0.807. The van der Waals surface area contributed by atoms with Crippen LogP contribution >= 0.6 is 0 Å². The van der Waals surface area contributed by atoms with Gasteiger partial charge in [0.05, 0.1) is 24.4 Å². The smallest absolute Gasteiger partial charge is 0.227 e. The Balaban J connectivity index is 1.34. The Bertz CT molecular complexity index is 807. The van der Waals surface area contributed by atoms with E-state index >= 15 is 0 Å². The fourth-order valence-electron chi connectivity index (χ4n) is 4.23. The van der Waals surface area contributed by atoms with Crippen molar-refractivity contribution in [1.82, 2.24) is 20.2 Å². The standard InChI is InChI=1S/C22H28N4O3/c1-26-21(28)12-20(19-10-11-23-14-24-19)25-22(26)29-18-8-6-17(7-9-18)16-4-2-15(13-27)3-5-16/h2-5,10-11,14,17-18,20,22,25,27H,6-9,12-13H2,1H3. The van der Waals surface area contributed by atoms with Crippen molar-refractivity contribution >= 4 is 5.91 Å². The van der Waals surface area contributed by atoms with E-state index in [4.69, 9.17) is 4.74 Å². The number of benzene rings is 1. The van der Waals surface area contributed by atoms with Crippen LogP contribution in [0.4, 0.5) is 0 Å². The van der Waals surface area contributed by atoms with Crippen LogP contribution in [0.3, 0.4) is 0 Å². The molecule has 1 aliphatic heterocycles. The molecule has 1 aliphatic carbocycles. The lowest BCUT2D eigenvalue weighted by Crippen LogP contribution is -2.56. The molecule has 7 heteroatoms. The topological polar surface area (TPSA) is 87.6 Å². The number of ether oxygens (including phenoxy) is 1. The molecule has 0 radical (unpaired) electrons. The van der Waals surface area contributed by atoms with Crippen LogP contribution in [-0.4, -0.2) is 45.4 Å². The molecule has 2 fully saturated rings. The maximum Gasteiger partial charge on any atom is 0.227 e. The molecule has 4 rings (SSSR count). The maximum absolute atomic E-state index is 12.5. The molecule has 2 aromatic rings. The van der Waals surface area contributed by atoms with Crippen molar-refractivity contribution in [1.29, 1.82) is 0 Å². The predicted octanol–water partition coefficient (Wildman–Crippen LogP) is 2.49. The molecular formula is C22H28N4O3. The summed E-state index contributed by atoms with van der Waals surface area (Å²) in [6.07, 6.45) is 7.29. The molecule has 1 aromatic heterocycles. The number of amides is 1. The molecule has 0 bridgehead atoms. The lowest BCUT2D eigenvalue weighted by Gasteiger charge is -2.40. The summed E-state index contributed by atoms with van der Waals surface area (Å²) in [5.74, 6) is 0.574. The van der Waals surface area contributed by atoms with Crippen LogP contribution < -0.4 is 5.32 Å². The monoisotopic (exact) mass is 396 g/mol. The number of nitrogens with one attached hydrogen (secondary N) is 1. The van der Waals surface area contributed by atoms with Gasteiger partial charge in [-0.1, -0.05) is 24.3 Å². The van der Waals surface area contributed by atoms with Crippen LogP contribution in [0.5, 0.6) is 0 Å². The predicted molar refractivity (Wildman–Crippen MR) is 108 cm³/mol. The fraction of sp³-hybridized carbons (Fsp3) is 0.500. The van der Waals surface area contributed by atoms with E-state index in [9.17, 15) is 9.90 Å². The van der Waals surface area contributed by atoms with Crippen molar-refractivity contribution in [2.24, 2.45) is 0 Å². The van der Waals surface area contributed by atoms with Gasteiger partial charge in [-0.2, -0.15) is 0 Å². The number of carbonyl (C=O) groups is 1. The molecule has 2 N–H and O–H groups in total. The van der Waals surface area contributed by atoms with Gasteiger partial charge in [0.15, 0.2) is 6.35 Å². The second kappa shape index (κ2) is 8.98. The summed E-state index contributed by atoms with van der Waals surface area (Å²) in [4.78, 5) is 22.3. The SMILES string of the molecule is CN1C(=O)CC(c2ccncn2)NC1OC1CCC(c2ccc(CO)cc2)CC1. The van der Waals surface area contributed by atoms with Crippen molar-refractivity contribution in [3.05, 3.63) is 59.7 Å². The van der Waals surface area contributed by atoms with Crippen LogP contribution in [0.2, 0.25) is 0 Å². The number of rotatable bonds is 5. The van der Waals surface area contributed by atoms with Gasteiger partial charge in [0, 0.05) is 19.7 Å². The van der Waals surface area contributed by atoms with Crippen molar-refractivity contribution in [3.8, 4) is 0 Å². The molecule has 2 atom stereocenters. The Kier molecular flexibility index (Phi) is 6.18. The van der Waals surface area contributed by atoms with Gasteiger partial charge < -0.3 is 14.7 Å². The summed E-state index contributed by atoms with van der Waals surface area (Å²) in [7, 11) is 1.78. The average molecular weight is 396 g/mol. The van der Waals surface area contributed by atoms with E-state index in [-0.39, 0.29) is 24.7 Å². The zero-order valence-corrected chi connectivity index (χ0v) is 16.7. The summed E-state index contributed by atoms with van der Waals surface area (Å²) < 4.78 is 6.30. The molecular weight excluding hydrogens is 368 g/mol. The lowest BCUT2D eigenvalue weighted by molar-refractivity contribution is -0.168. The van der Waals surface area contributed by atoms with E-state index in [1.165, 1.54) is 11.9 Å². The average Bonchev–Trinajstić information content (AvgIpc) is 2.78. The summed E-state index contributed by atoms with van der Waals surface area (Å²) in [6.45, 7) is 0.0808. The highest BCUT2D eigenvalue weighted by atomic mass is 16.5. The molecule has 2 heterocycles. The minimum Gasteiger partial charge on any atom is -0.392 e. The van der Waals surface area contributed by atoms with Crippen LogP contribution in [0.1, 0.15) is 60.9 Å². The van der Waals surface area contributed by atoms with E-state index < -0.39 is 6.35 Å². The molecule has 2 unspecified atom stereocenters. The molecule has 29 heavy (non-hydrogen) atoms. The highest BCUT2D eigenvalue weighted by molar-refractivity contribution is 5.77. The number of aliphatic hydroxyl groups is 1. The number of nitrogens with zero attached hydrogens (tertiary/aromatic N) is 3. The first-order valence-corrected chi connectivity index (χ1v) is 10.3. The second-order valence-electron chi connectivity index (χ2n) is 7.92. The number of hydrogen-bond acceptors (Lipinski definition) is 6. The minimum absolute atomic E-state index is 0.0509. The van der Waals surface area contributed by atoms with E-state index in [1.807, 2.05) is 18.2 Å². The number of aromatic nitrogens is 2. The summed E-state index contributed by atoms with van der Waals surface area (Å²) >= 11 is 0. The molecule has 7 nitrogen and oxygen atoms in total. The van der Waals surface area contributed by atoms with E-state index in [2.05, 4.69) is 27.4 Å². The van der Waals surface area contributed by atoms with Gasteiger partial charge in [-0.25, -0.2) is 9.97 Å². The zero-order chi connectivity index (χ0) is 20.2. The van der Waals surface area contributed by atoms with Crippen molar-refractivity contribution in [3.63, 3.8) is 0 Å². The van der Waals surface area contributed by atoms with Gasteiger partial charge in [-0.05, 0) is 48.8 Å². The third kappa shape index (κ3) is 4.63. The Morgan fingerprint density at radius 3 is 2.59 bits per heavy atom. The van der Waals surface area contributed by atoms with Crippen LogP contribution in [-0.2, 0) is 16.1 Å².